The normalized spacial score (nSPS) is 19.3. The average Bonchev–Trinajstić information content (AvgIpc) is 2.61. The predicted molar refractivity (Wildman–Crippen MR) is 84.1 cm³/mol. The van der Waals surface area contributed by atoms with Gasteiger partial charge in [-0.15, -0.1) is 0 Å². The summed E-state index contributed by atoms with van der Waals surface area (Å²) < 4.78 is 0. The standard InChI is InChI=1S/C17H28N2/c1-5-17(6-2)13-19(9-7-8-18-17)16-11-14(3)10-15(4)12-16/h10-12,18H,5-9,13H2,1-4H3. The van der Waals surface area contributed by atoms with Crippen molar-refractivity contribution >= 4 is 5.69 Å². The van der Waals surface area contributed by atoms with E-state index in [1.54, 1.807) is 0 Å². The van der Waals surface area contributed by atoms with Crippen molar-refractivity contribution in [1.82, 2.24) is 5.32 Å². The molecule has 0 spiro atoms. The lowest BCUT2D eigenvalue weighted by Gasteiger charge is -2.36. The summed E-state index contributed by atoms with van der Waals surface area (Å²) >= 11 is 0. The Morgan fingerprint density at radius 3 is 2.32 bits per heavy atom. The number of nitrogens with zero attached hydrogens (tertiary/aromatic N) is 1. The molecule has 2 rings (SSSR count). The minimum Gasteiger partial charge on any atom is -0.370 e. The number of rotatable bonds is 3. The fraction of sp³-hybridized carbons (Fsp3) is 0.647. The van der Waals surface area contributed by atoms with Gasteiger partial charge < -0.3 is 10.2 Å². The molecule has 106 valence electrons. The first kappa shape index (κ1) is 14.4. The molecule has 1 heterocycles. The van der Waals surface area contributed by atoms with Crippen LogP contribution in [0.5, 0.6) is 0 Å². The van der Waals surface area contributed by atoms with Gasteiger partial charge in [0.2, 0.25) is 0 Å². The zero-order valence-corrected chi connectivity index (χ0v) is 12.9. The quantitative estimate of drug-likeness (QED) is 0.892. The molecule has 1 aliphatic rings. The zero-order valence-electron chi connectivity index (χ0n) is 12.9. The minimum atomic E-state index is 0.286. The fourth-order valence-corrected chi connectivity index (χ4v) is 3.20. The number of hydrogen-bond acceptors (Lipinski definition) is 2. The molecular formula is C17H28N2. The summed E-state index contributed by atoms with van der Waals surface area (Å²) in [4.78, 5) is 2.58. The molecular weight excluding hydrogens is 232 g/mol. The molecule has 0 unspecified atom stereocenters. The lowest BCUT2D eigenvalue weighted by Crippen LogP contribution is -2.50. The topological polar surface area (TPSA) is 15.3 Å². The second-order valence-electron chi connectivity index (χ2n) is 6.04. The fourth-order valence-electron chi connectivity index (χ4n) is 3.20. The van der Waals surface area contributed by atoms with Crippen molar-refractivity contribution in [1.29, 1.82) is 0 Å². The first-order valence-corrected chi connectivity index (χ1v) is 7.67. The lowest BCUT2D eigenvalue weighted by molar-refractivity contribution is 0.321. The van der Waals surface area contributed by atoms with Crippen LogP contribution in [-0.4, -0.2) is 25.2 Å². The predicted octanol–water partition coefficient (Wildman–Crippen LogP) is 3.66. The van der Waals surface area contributed by atoms with E-state index in [1.165, 1.54) is 36.1 Å². The van der Waals surface area contributed by atoms with E-state index >= 15 is 0 Å². The smallest absolute Gasteiger partial charge is 0.0372 e. The Bertz CT molecular complexity index is 401. The minimum absolute atomic E-state index is 0.286. The molecule has 0 atom stereocenters. The van der Waals surface area contributed by atoms with Crippen LogP contribution in [0.25, 0.3) is 0 Å². The van der Waals surface area contributed by atoms with Crippen molar-refractivity contribution in [2.24, 2.45) is 0 Å². The van der Waals surface area contributed by atoms with Gasteiger partial charge in [-0.1, -0.05) is 19.9 Å². The first-order chi connectivity index (χ1) is 9.08. The molecule has 0 saturated carbocycles. The van der Waals surface area contributed by atoms with Crippen LogP contribution in [0.2, 0.25) is 0 Å². The van der Waals surface area contributed by atoms with E-state index in [-0.39, 0.29) is 5.54 Å². The van der Waals surface area contributed by atoms with Crippen molar-refractivity contribution in [3.8, 4) is 0 Å². The highest BCUT2D eigenvalue weighted by molar-refractivity contribution is 5.51. The highest BCUT2D eigenvalue weighted by Gasteiger charge is 2.30. The second kappa shape index (κ2) is 5.96. The molecule has 1 aliphatic heterocycles. The van der Waals surface area contributed by atoms with Crippen molar-refractivity contribution in [2.45, 2.75) is 52.5 Å². The SMILES string of the molecule is CCC1(CC)CN(c2cc(C)cc(C)c2)CCCN1. The highest BCUT2D eigenvalue weighted by atomic mass is 15.2. The highest BCUT2D eigenvalue weighted by Crippen LogP contribution is 2.26. The summed E-state index contributed by atoms with van der Waals surface area (Å²) in [5.74, 6) is 0. The van der Waals surface area contributed by atoms with E-state index in [1.807, 2.05) is 0 Å². The summed E-state index contributed by atoms with van der Waals surface area (Å²) in [5.41, 5.74) is 4.41. The third-order valence-electron chi connectivity index (χ3n) is 4.52. The van der Waals surface area contributed by atoms with Gasteiger partial charge in [0.05, 0.1) is 0 Å². The number of nitrogens with one attached hydrogen (secondary N) is 1. The van der Waals surface area contributed by atoms with E-state index in [9.17, 15) is 0 Å². The summed E-state index contributed by atoms with van der Waals surface area (Å²) in [6.07, 6.45) is 3.63. The largest absolute Gasteiger partial charge is 0.370 e. The Hall–Kier alpha value is -1.02. The van der Waals surface area contributed by atoms with Crippen LogP contribution < -0.4 is 10.2 Å². The summed E-state index contributed by atoms with van der Waals surface area (Å²) in [6, 6.07) is 6.91. The van der Waals surface area contributed by atoms with Crippen LogP contribution >= 0.6 is 0 Å². The van der Waals surface area contributed by atoms with Crippen LogP contribution in [0.1, 0.15) is 44.2 Å². The van der Waals surface area contributed by atoms with E-state index in [2.05, 4.69) is 56.1 Å². The van der Waals surface area contributed by atoms with Gasteiger partial charge >= 0.3 is 0 Å². The molecule has 0 aliphatic carbocycles. The molecule has 19 heavy (non-hydrogen) atoms. The molecule has 0 amide bonds. The number of benzene rings is 1. The van der Waals surface area contributed by atoms with Crippen molar-refractivity contribution in [2.75, 3.05) is 24.5 Å². The number of anilines is 1. The molecule has 1 aromatic rings. The van der Waals surface area contributed by atoms with Gasteiger partial charge in [-0.3, -0.25) is 0 Å². The summed E-state index contributed by atoms with van der Waals surface area (Å²) in [5, 5.41) is 3.78. The summed E-state index contributed by atoms with van der Waals surface area (Å²) in [7, 11) is 0. The molecule has 1 fully saturated rings. The lowest BCUT2D eigenvalue weighted by atomic mass is 9.92. The number of hydrogen-bond donors (Lipinski definition) is 1. The Morgan fingerprint density at radius 1 is 1.11 bits per heavy atom. The van der Waals surface area contributed by atoms with E-state index in [0.29, 0.717) is 0 Å². The molecule has 1 saturated heterocycles. The van der Waals surface area contributed by atoms with Crippen LogP contribution in [0.15, 0.2) is 18.2 Å². The maximum Gasteiger partial charge on any atom is 0.0372 e. The Balaban J connectivity index is 2.27. The molecule has 2 nitrogen and oxygen atoms in total. The van der Waals surface area contributed by atoms with Crippen LogP contribution in [-0.2, 0) is 0 Å². The van der Waals surface area contributed by atoms with Gasteiger partial charge in [0, 0.05) is 24.3 Å². The molecule has 2 heteroatoms. The Labute approximate surface area is 118 Å². The monoisotopic (exact) mass is 260 g/mol. The van der Waals surface area contributed by atoms with Gasteiger partial charge in [0.25, 0.3) is 0 Å². The van der Waals surface area contributed by atoms with E-state index in [0.717, 1.165) is 19.6 Å². The van der Waals surface area contributed by atoms with E-state index < -0.39 is 0 Å². The van der Waals surface area contributed by atoms with Crippen molar-refractivity contribution in [3.63, 3.8) is 0 Å². The Morgan fingerprint density at radius 2 is 1.74 bits per heavy atom. The molecule has 0 aromatic heterocycles. The van der Waals surface area contributed by atoms with E-state index in [4.69, 9.17) is 0 Å². The summed E-state index contributed by atoms with van der Waals surface area (Å²) in [6.45, 7) is 12.4. The van der Waals surface area contributed by atoms with Gasteiger partial charge in [-0.05, 0) is 62.9 Å². The average molecular weight is 260 g/mol. The molecule has 0 bridgehead atoms. The molecule has 1 N–H and O–H groups in total. The Kier molecular flexibility index (Phi) is 4.51. The van der Waals surface area contributed by atoms with Gasteiger partial charge in [-0.25, -0.2) is 0 Å². The van der Waals surface area contributed by atoms with Crippen LogP contribution in [0.4, 0.5) is 5.69 Å². The second-order valence-corrected chi connectivity index (χ2v) is 6.04. The molecule has 0 radical (unpaired) electrons. The van der Waals surface area contributed by atoms with Crippen LogP contribution in [0, 0.1) is 13.8 Å². The van der Waals surface area contributed by atoms with Gasteiger partial charge in [0.1, 0.15) is 0 Å². The zero-order chi connectivity index (χ0) is 13.9. The third-order valence-corrected chi connectivity index (χ3v) is 4.52. The maximum absolute atomic E-state index is 3.78. The van der Waals surface area contributed by atoms with Crippen LogP contribution in [0.3, 0.4) is 0 Å². The maximum atomic E-state index is 3.78. The number of aryl methyl sites for hydroxylation is 2. The van der Waals surface area contributed by atoms with Gasteiger partial charge in [0.15, 0.2) is 0 Å². The van der Waals surface area contributed by atoms with Crippen molar-refractivity contribution < 1.29 is 0 Å². The first-order valence-electron chi connectivity index (χ1n) is 7.67. The molecule has 1 aromatic carbocycles. The third kappa shape index (κ3) is 3.30. The van der Waals surface area contributed by atoms with Crippen molar-refractivity contribution in [3.05, 3.63) is 29.3 Å². The van der Waals surface area contributed by atoms with Gasteiger partial charge in [-0.2, -0.15) is 0 Å².